The van der Waals surface area contributed by atoms with Crippen LogP contribution < -0.4 is 0 Å². The zero-order valence-electron chi connectivity index (χ0n) is 16.2. The van der Waals surface area contributed by atoms with Crippen LogP contribution in [0.25, 0.3) is 11.0 Å². The van der Waals surface area contributed by atoms with Gasteiger partial charge in [-0.3, -0.25) is 14.4 Å². The molecule has 7 heteroatoms. The zero-order chi connectivity index (χ0) is 19.0. The third-order valence-electron chi connectivity index (χ3n) is 5.37. The maximum atomic E-state index is 13.0. The van der Waals surface area contributed by atoms with Crippen LogP contribution in [-0.4, -0.2) is 61.6 Å². The lowest BCUT2D eigenvalue weighted by Crippen LogP contribution is -2.48. The van der Waals surface area contributed by atoms with E-state index < -0.39 is 0 Å². The highest BCUT2D eigenvalue weighted by atomic mass is 16.2. The summed E-state index contributed by atoms with van der Waals surface area (Å²) < 4.78 is 1.90. The third-order valence-corrected chi connectivity index (χ3v) is 5.37. The highest BCUT2D eigenvalue weighted by Gasteiger charge is 2.27. The predicted octanol–water partition coefficient (Wildman–Crippen LogP) is 2.35. The minimum Gasteiger partial charge on any atom is -0.341 e. The molecule has 1 aliphatic heterocycles. The Hall–Kier alpha value is -2.67. The number of rotatable bonds is 4. The second-order valence-electron chi connectivity index (χ2n) is 7.13. The monoisotopic (exact) mass is 366 g/mol. The van der Waals surface area contributed by atoms with E-state index in [2.05, 4.69) is 20.0 Å². The second-order valence-corrected chi connectivity index (χ2v) is 7.13. The highest BCUT2D eigenvalue weighted by molar-refractivity contribution is 5.96. The number of hydrogen-bond donors (Lipinski definition) is 1. The van der Waals surface area contributed by atoms with Crippen LogP contribution in [0.2, 0.25) is 0 Å². The molecule has 0 unspecified atom stereocenters. The number of benzene rings is 1. The number of carbonyl (C=O) groups is 1. The number of nitrogens with one attached hydrogen (secondary N) is 1. The van der Waals surface area contributed by atoms with Crippen molar-refractivity contribution in [3.05, 3.63) is 47.0 Å². The second kappa shape index (κ2) is 7.15. The van der Waals surface area contributed by atoms with E-state index in [4.69, 9.17) is 0 Å². The molecule has 7 nitrogen and oxygen atoms in total. The minimum absolute atomic E-state index is 0.105. The number of nitrogens with zero attached hydrogens (tertiary/aromatic N) is 5. The maximum absolute atomic E-state index is 13.0. The number of fused-ring (bicyclic) bond motifs is 1. The SMILES string of the molecule is CCn1nc(C)c(C(=O)N2CCN(Cc3nc4ccccc4[nH]3)CC2)c1C. The fourth-order valence-electron chi connectivity index (χ4n) is 3.87. The first-order chi connectivity index (χ1) is 13.1. The van der Waals surface area contributed by atoms with E-state index in [1.54, 1.807) is 0 Å². The number of aromatic nitrogens is 4. The first-order valence-electron chi connectivity index (χ1n) is 9.56. The number of aryl methyl sites for hydroxylation is 2. The quantitative estimate of drug-likeness (QED) is 0.769. The zero-order valence-corrected chi connectivity index (χ0v) is 16.2. The topological polar surface area (TPSA) is 70.1 Å². The number of imidazole rings is 1. The minimum atomic E-state index is 0.105. The molecular weight excluding hydrogens is 340 g/mol. The summed E-state index contributed by atoms with van der Waals surface area (Å²) in [6, 6.07) is 8.08. The molecule has 3 heterocycles. The van der Waals surface area contributed by atoms with Crippen LogP contribution in [0.4, 0.5) is 0 Å². The molecule has 1 aromatic carbocycles. The van der Waals surface area contributed by atoms with Gasteiger partial charge in [0.1, 0.15) is 5.82 Å². The van der Waals surface area contributed by atoms with E-state index in [9.17, 15) is 4.79 Å². The molecule has 0 atom stereocenters. The van der Waals surface area contributed by atoms with Gasteiger partial charge < -0.3 is 9.88 Å². The van der Waals surface area contributed by atoms with Crippen LogP contribution in [0.3, 0.4) is 0 Å². The fourth-order valence-corrected chi connectivity index (χ4v) is 3.87. The Morgan fingerprint density at radius 1 is 1.15 bits per heavy atom. The van der Waals surface area contributed by atoms with Gasteiger partial charge in [0.15, 0.2) is 0 Å². The number of amides is 1. The van der Waals surface area contributed by atoms with Crippen molar-refractivity contribution >= 4 is 16.9 Å². The van der Waals surface area contributed by atoms with E-state index in [0.717, 1.165) is 73.1 Å². The van der Waals surface area contributed by atoms with Crippen molar-refractivity contribution in [3.8, 4) is 0 Å². The van der Waals surface area contributed by atoms with Crippen LogP contribution in [0.5, 0.6) is 0 Å². The Balaban J connectivity index is 1.40. The summed E-state index contributed by atoms with van der Waals surface area (Å²) in [5.41, 5.74) is 4.62. The van der Waals surface area contributed by atoms with Crippen molar-refractivity contribution in [1.29, 1.82) is 0 Å². The molecule has 1 fully saturated rings. The lowest BCUT2D eigenvalue weighted by molar-refractivity contribution is 0.0624. The van der Waals surface area contributed by atoms with Gasteiger partial charge in [-0.15, -0.1) is 0 Å². The molecule has 1 aliphatic rings. The Labute approximate surface area is 159 Å². The summed E-state index contributed by atoms with van der Waals surface area (Å²) in [6.45, 7) is 10.7. The Kier molecular flexibility index (Phi) is 4.70. The molecule has 0 saturated carbocycles. The van der Waals surface area contributed by atoms with Crippen LogP contribution in [0.1, 0.15) is 34.5 Å². The first-order valence-corrected chi connectivity index (χ1v) is 9.56. The molecule has 142 valence electrons. The predicted molar refractivity (Wildman–Crippen MR) is 105 cm³/mol. The summed E-state index contributed by atoms with van der Waals surface area (Å²) in [7, 11) is 0. The highest BCUT2D eigenvalue weighted by Crippen LogP contribution is 2.18. The summed E-state index contributed by atoms with van der Waals surface area (Å²) >= 11 is 0. The van der Waals surface area contributed by atoms with Crippen molar-refractivity contribution < 1.29 is 4.79 Å². The Morgan fingerprint density at radius 2 is 1.89 bits per heavy atom. The van der Waals surface area contributed by atoms with Gasteiger partial charge in [0, 0.05) is 38.4 Å². The molecular formula is C20H26N6O. The molecule has 4 rings (SSSR count). The van der Waals surface area contributed by atoms with Gasteiger partial charge >= 0.3 is 0 Å². The maximum Gasteiger partial charge on any atom is 0.257 e. The van der Waals surface area contributed by atoms with Crippen LogP contribution in [0, 0.1) is 13.8 Å². The molecule has 1 saturated heterocycles. The summed E-state index contributed by atoms with van der Waals surface area (Å²) in [4.78, 5) is 25.3. The van der Waals surface area contributed by atoms with E-state index in [0.29, 0.717) is 0 Å². The molecule has 1 N–H and O–H groups in total. The van der Waals surface area contributed by atoms with E-state index in [1.807, 2.05) is 54.6 Å². The van der Waals surface area contributed by atoms with Crippen molar-refractivity contribution in [2.75, 3.05) is 26.2 Å². The average molecular weight is 366 g/mol. The van der Waals surface area contributed by atoms with Crippen LogP contribution in [-0.2, 0) is 13.1 Å². The van der Waals surface area contributed by atoms with Crippen molar-refractivity contribution in [2.45, 2.75) is 33.9 Å². The Bertz CT molecular complexity index is 931. The fraction of sp³-hybridized carbons (Fsp3) is 0.450. The number of para-hydroxylation sites is 2. The van der Waals surface area contributed by atoms with Gasteiger partial charge in [0.2, 0.25) is 0 Å². The normalized spacial score (nSPS) is 15.6. The summed E-state index contributed by atoms with van der Waals surface area (Å²) in [5.74, 6) is 1.08. The van der Waals surface area contributed by atoms with Gasteiger partial charge in [0.05, 0.1) is 28.8 Å². The van der Waals surface area contributed by atoms with Crippen molar-refractivity contribution in [1.82, 2.24) is 29.5 Å². The smallest absolute Gasteiger partial charge is 0.257 e. The third kappa shape index (κ3) is 3.35. The standard InChI is InChI=1S/C20H26N6O/c1-4-26-15(3)19(14(2)23-26)20(27)25-11-9-24(10-12-25)13-18-21-16-7-5-6-8-17(16)22-18/h5-8H,4,9-13H2,1-3H3,(H,21,22). The van der Waals surface area contributed by atoms with Crippen LogP contribution in [0.15, 0.2) is 24.3 Å². The first kappa shape index (κ1) is 17.7. The van der Waals surface area contributed by atoms with Gasteiger partial charge in [-0.25, -0.2) is 4.98 Å². The van der Waals surface area contributed by atoms with Gasteiger partial charge in [-0.05, 0) is 32.9 Å². The molecule has 0 aliphatic carbocycles. The largest absolute Gasteiger partial charge is 0.341 e. The average Bonchev–Trinajstić information content (AvgIpc) is 3.21. The van der Waals surface area contributed by atoms with Gasteiger partial charge in [-0.1, -0.05) is 12.1 Å². The molecule has 1 amide bonds. The summed E-state index contributed by atoms with van der Waals surface area (Å²) in [5, 5.41) is 4.48. The Morgan fingerprint density at radius 3 is 2.56 bits per heavy atom. The van der Waals surface area contributed by atoms with Crippen molar-refractivity contribution in [3.63, 3.8) is 0 Å². The molecule has 2 aromatic heterocycles. The van der Waals surface area contributed by atoms with E-state index in [1.165, 1.54) is 0 Å². The molecule has 27 heavy (non-hydrogen) atoms. The molecule has 3 aromatic rings. The van der Waals surface area contributed by atoms with E-state index in [-0.39, 0.29) is 5.91 Å². The van der Waals surface area contributed by atoms with E-state index >= 15 is 0 Å². The number of piperazine rings is 1. The van der Waals surface area contributed by atoms with Gasteiger partial charge in [-0.2, -0.15) is 5.10 Å². The number of H-pyrrole nitrogens is 1. The van der Waals surface area contributed by atoms with Gasteiger partial charge in [0.25, 0.3) is 5.91 Å². The summed E-state index contributed by atoms with van der Waals surface area (Å²) in [6.07, 6.45) is 0. The lowest BCUT2D eigenvalue weighted by atomic mass is 10.1. The molecule has 0 bridgehead atoms. The van der Waals surface area contributed by atoms with Crippen molar-refractivity contribution in [2.24, 2.45) is 0 Å². The number of hydrogen-bond acceptors (Lipinski definition) is 4. The van der Waals surface area contributed by atoms with Crippen LogP contribution >= 0.6 is 0 Å². The molecule has 0 spiro atoms. The number of carbonyl (C=O) groups excluding carboxylic acids is 1. The molecule has 0 radical (unpaired) electrons. The number of aromatic amines is 1. The lowest BCUT2D eigenvalue weighted by Gasteiger charge is -2.34.